The van der Waals surface area contributed by atoms with E-state index in [0.29, 0.717) is 11.3 Å². The largest absolute Gasteiger partial charge is 0.484 e. The Morgan fingerprint density at radius 2 is 1.75 bits per heavy atom. The number of aryl methyl sites for hydroxylation is 3. The molecule has 7 heteroatoms. The van der Waals surface area contributed by atoms with Crippen LogP contribution in [0.1, 0.15) is 27.3 Å². The van der Waals surface area contributed by atoms with Crippen molar-refractivity contribution >= 4 is 11.8 Å². The van der Waals surface area contributed by atoms with E-state index in [1.54, 1.807) is 35.0 Å². The zero-order valence-corrected chi connectivity index (χ0v) is 16.0. The van der Waals surface area contributed by atoms with Crippen LogP contribution in [0.15, 0.2) is 54.6 Å². The normalized spacial score (nSPS) is 10.4. The van der Waals surface area contributed by atoms with E-state index >= 15 is 0 Å². The fourth-order valence-electron chi connectivity index (χ4n) is 2.73. The molecule has 28 heavy (non-hydrogen) atoms. The number of hydrogen-bond acceptors (Lipinski definition) is 4. The van der Waals surface area contributed by atoms with Gasteiger partial charge < -0.3 is 4.74 Å². The monoisotopic (exact) mass is 378 g/mol. The van der Waals surface area contributed by atoms with Crippen molar-refractivity contribution in [2.45, 2.75) is 20.8 Å². The van der Waals surface area contributed by atoms with Gasteiger partial charge in [0.15, 0.2) is 6.61 Å². The summed E-state index contributed by atoms with van der Waals surface area (Å²) < 4.78 is 7.20. The number of rotatable bonds is 5. The van der Waals surface area contributed by atoms with Gasteiger partial charge in [-0.25, -0.2) is 4.68 Å². The van der Waals surface area contributed by atoms with Crippen LogP contribution in [-0.4, -0.2) is 28.2 Å². The van der Waals surface area contributed by atoms with E-state index in [2.05, 4.69) is 16.0 Å². The highest BCUT2D eigenvalue weighted by atomic mass is 16.5. The Morgan fingerprint density at radius 3 is 2.39 bits per heavy atom. The molecular weight excluding hydrogens is 356 g/mol. The van der Waals surface area contributed by atoms with Gasteiger partial charge in [-0.15, -0.1) is 0 Å². The molecule has 2 aromatic carbocycles. The second-order valence-corrected chi connectivity index (χ2v) is 6.49. The summed E-state index contributed by atoms with van der Waals surface area (Å²) >= 11 is 0. The van der Waals surface area contributed by atoms with Crippen LogP contribution >= 0.6 is 0 Å². The molecule has 0 aliphatic heterocycles. The van der Waals surface area contributed by atoms with E-state index in [-0.39, 0.29) is 6.61 Å². The van der Waals surface area contributed by atoms with E-state index in [1.807, 2.05) is 45.0 Å². The van der Waals surface area contributed by atoms with Crippen LogP contribution in [-0.2, 0) is 4.79 Å². The second kappa shape index (κ2) is 8.39. The number of benzene rings is 2. The predicted molar refractivity (Wildman–Crippen MR) is 105 cm³/mol. The number of ether oxygens (including phenoxy) is 1. The van der Waals surface area contributed by atoms with Crippen LogP contribution < -0.4 is 15.6 Å². The summed E-state index contributed by atoms with van der Waals surface area (Å²) in [5.74, 6) is -0.265. The molecule has 2 amide bonds. The van der Waals surface area contributed by atoms with Gasteiger partial charge >= 0.3 is 0 Å². The average molecular weight is 378 g/mol. The van der Waals surface area contributed by atoms with Gasteiger partial charge in [-0.1, -0.05) is 12.1 Å². The molecule has 1 aromatic heterocycles. The molecule has 0 saturated heterocycles. The Labute approximate surface area is 163 Å². The van der Waals surface area contributed by atoms with Gasteiger partial charge in [0.1, 0.15) is 5.75 Å². The van der Waals surface area contributed by atoms with Crippen LogP contribution in [0.4, 0.5) is 0 Å². The third-order valence-corrected chi connectivity index (χ3v) is 4.06. The fraction of sp³-hybridized carbons (Fsp3) is 0.190. The van der Waals surface area contributed by atoms with Crippen molar-refractivity contribution in [1.29, 1.82) is 0 Å². The molecule has 0 fully saturated rings. The summed E-state index contributed by atoms with van der Waals surface area (Å²) in [5, 5.41) is 4.41. The molecule has 2 N–H and O–H groups in total. The van der Waals surface area contributed by atoms with E-state index in [4.69, 9.17) is 4.74 Å². The lowest BCUT2D eigenvalue weighted by Gasteiger charge is -2.10. The van der Waals surface area contributed by atoms with Crippen molar-refractivity contribution in [3.63, 3.8) is 0 Å². The zero-order valence-electron chi connectivity index (χ0n) is 16.0. The van der Waals surface area contributed by atoms with Crippen LogP contribution in [0.5, 0.6) is 5.75 Å². The van der Waals surface area contributed by atoms with Crippen molar-refractivity contribution in [3.8, 4) is 11.4 Å². The molecule has 0 saturated carbocycles. The maximum atomic E-state index is 12.2. The fourth-order valence-corrected chi connectivity index (χ4v) is 2.73. The van der Waals surface area contributed by atoms with Gasteiger partial charge in [-0.3, -0.25) is 20.4 Å². The summed E-state index contributed by atoms with van der Waals surface area (Å²) in [6.45, 7) is 5.64. The molecule has 3 rings (SSSR count). The first-order valence-electron chi connectivity index (χ1n) is 8.85. The van der Waals surface area contributed by atoms with Gasteiger partial charge in [-0.05, 0) is 68.8 Å². The molecule has 0 aliphatic carbocycles. The van der Waals surface area contributed by atoms with Crippen molar-refractivity contribution in [2.24, 2.45) is 0 Å². The molecule has 1 heterocycles. The van der Waals surface area contributed by atoms with Crippen molar-refractivity contribution < 1.29 is 14.3 Å². The topological polar surface area (TPSA) is 85.3 Å². The number of hydrogen-bond donors (Lipinski definition) is 2. The molecule has 0 aliphatic rings. The van der Waals surface area contributed by atoms with E-state index in [9.17, 15) is 9.59 Å². The van der Waals surface area contributed by atoms with Gasteiger partial charge in [0, 0.05) is 11.3 Å². The number of carbonyl (C=O) groups excluding carboxylic acids is 2. The second-order valence-electron chi connectivity index (χ2n) is 6.49. The van der Waals surface area contributed by atoms with Crippen LogP contribution in [0, 0.1) is 20.8 Å². The average Bonchev–Trinajstić information content (AvgIpc) is 3.02. The SMILES string of the molecule is Cc1cccc(OCC(=O)NNC(=O)c2ccc(-n3nc(C)cc3C)cc2)c1. The number of nitrogens with zero attached hydrogens (tertiary/aromatic N) is 2. The Kier molecular flexibility index (Phi) is 5.74. The Hall–Kier alpha value is -3.61. The summed E-state index contributed by atoms with van der Waals surface area (Å²) in [6, 6.07) is 16.3. The van der Waals surface area contributed by atoms with Gasteiger partial charge in [0.2, 0.25) is 0 Å². The van der Waals surface area contributed by atoms with Crippen LogP contribution in [0.2, 0.25) is 0 Å². The third-order valence-electron chi connectivity index (χ3n) is 4.06. The van der Waals surface area contributed by atoms with E-state index in [1.165, 1.54) is 0 Å². The first kappa shape index (κ1) is 19.2. The summed E-state index contributed by atoms with van der Waals surface area (Å²) in [7, 11) is 0. The van der Waals surface area contributed by atoms with Crippen molar-refractivity contribution in [1.82, 2.24) is 20.6 Å². The molecule has 0 spiro atoms. The smallest absolute Gasteiger partial charge is 0.276 e. The lowest BCUT2D eigenvalue weighted by atomic mass is 10.2. The highest BCUT2D eigenvalue weighted by Crippen LogP contribution is 2.13. The summed E-state index contributed by atoms with van der Waals surface area (Å²) in [5.41, 5.74) is 8.98. The molecule has 0 atom stereocenters. The van der Waals surface area contributed by atoms with Crippen LogP contribution in [0.25, 0.3) is 5.69 Å². The maximum absolute atomic E-state index is 12.2. The molecular formula is C21H22N4O3. The van der Waals surface area contributed by atoms with Crippen LogP contribution in [0.3, 0.4) is 0 Å². The minimum Gasteiger partial charge on any atom is -0.484 e. The number of nitrogens with one attached hydrogen (secondary N) is 2. The number of carbonyl (C=O) groups is 2. The lowest BCUT2D eigenvalue weighted by Crippen LogP contribution is -2.43. The van der Waals surface area contributed by atoms with Gasteiger partial charge in [-0.2, -0.15) is 5.10 Å². The highest BCUT2D eigenvalue weighted by Gasteiger charge is 2.09. The quantitative estimate of drug-likeness (QED) is 0.669. The number of hydrazine groups is 1. The third kappa shape index (κ3) is 4.76. The standard InChI is InChI=1S/C21H22N4O3/c1-14-5-4-6-19(11-14)28-13-20(26)22-23-21(27)17-7-9-18(10-8-17)25-16(3)12-15(2)24-25/h4-12H,13H2,1-3H3,(H,22,26)(H,23,27). The van der Waals surface area contributed by atoms with E-state index < -0.39 is 11.8 Å². The molecule has 3 aromatic rings. The Morgan fingerprint density at radius 1 is 1.00 bits per heavy atom. The maximum Gasteiger partial charge on any atom is 0.276 e. The molecule has 7 nitrogen and oxygen atoms in total. The predicted octanol–water partition coefficient (Wildman–Crippen LogP) is 2.64. The molecule has 0 unspecified atom stereocenters. The summed E-state index contributed by atoms with van der Waals surface area (Å²) in [4.78, 5) is 24.1. The van der Waals surface area contributed by atoms with Crippen molar-refractivity contribution in [3.05, 3.63) is 77.1 Å². The Bertz CT molecular complexity index is 993. The number of aromatic nitrogens is 2. The first-order chi connectivity index (χ1) is 13.4. The van der Waals surface area contributed by atoms with Crippen molar-refractivity contribution in [2.75, 3.05) is 6.61 Å². The summed E-state index contributed by atoms with van der Waals surface area (Å²) in [6.07, 6.45) is 0. The molecule has 0 bridgehead atoms. The van der Waals surface area contributed by atoms with Gasteiger partial charge in [0.05, 0.1) is 11.4 Å². The first-order valence-corrected chi connectivity index (χ1v) is 8.85. The molecule has 144 valence electrons. The minimum absolute atomic E-state index is 0.194. The highest BCUT2D eigenvalue weighted by molar-refractivity contribution is 5.95. The molecule has 0 radical (unpaired) electrons. The lowest BCUT2D eigenvalue weighted by molar-refractivity contribution is -0.123. The number of amides is 2. The minimum atomic E-state index is -0.450. The Balaban J connectivity index is 1.51. The zero-order chi connectivity index (χ0) is 20.1. The van der Waals surface area contributed by atoms with Gasteiger partial charge in [0.25, 0.3) is 11.8 Å². The van der Waals surface area contributed by atoms with E-state index in [0.717, 1.165) is 22.6 Å².